The summed E-state index contributed by atoms with van der Waals surface area (Å²) in [5.74, 6) is 0.619. The minimum absolute atomic E-state index is 0.525. The van der Waals surface area contributed by atoms with E-state index in [1.807, 2.05) is 12.1 Å². The topological polar surface area (TPSA) is 57.4 Å². The molecular weight excluding hydrogens is 272 g/mol. The molecule has 0 spiro atoms. The van der Waals surface area contributed by atoms with Crippen LogP contribution in [0.5, 0.6) is 5.88 Å². The Kier molecular flexibility index (Phi) is 7.12. The molecule has 0 saturated heterocycles. The zero-order valence-electron chi connectivity index (χ0n) is 9.19. The predicted octanol–water partition coefficient (Wildman–Crippen LogP) is 1.98. The van der Waals surface area contributed by atoms with Gasteiger partial charge >= 0.3 is 0 Å². The minimum Gasteiger partial charge on any atom is -0.475 e. The largest absolute Gasteiger partial charge is 0.475 e. The Bertz CT molecular complexity index is 280. The molecule has 0 aliphatic heterocycles. The summed E-state index contributed by atoms with van der Waals surface area (Å²) in [6, 6.07) is 3.71. The molecule has 2 N–H and O–H groups in total. The number of nitrogens with zero attached hydrogens (tertiary/aromatic N) is 1. The van der Waals surface area contributed by atoms with Crippen molar-refractivity contribution in [2.45, 2.75) is 12.8 Å². The van der Waals surface area contributed by atoms with Crippen LogP contribution < -0.4 is 10.5 Å². The maximum atomic E-state index is 5.39. The Morgan fingerprint density at radius 3 is 2.75 bits per heavy atom. The Balaban J connectivity index is 2.01. The second kappa shape index (κ2) is 8.50. The summed E-state index contributed by atoms with van der Waals surface area (Å²) in [4.78, 5) is 4.08. The second-order valence-electron chi connectivity index (χ2n) is 3.27. The van der Waals surface area contributed by atoms with Crippen LogP contribution in [0.3, 0.4) is 0 Å². The van der Waals surface area contributed by atoms with Gasteiger partial charge in [-0.1, -0.05) is 0 Å². The lowest BCUT2D eigenvalue weighted by Crippen LogP contribution is -2.09. The van der Waals surface area contributed by atoms with Crippen LogP contribution in [0.1, 0.15) is 12.8 Å². The monoisotopic (exact) mass is 288 g/mol. The Morgan fingerprint density at radius 2 is 2.06 bits per heavy atom. The quantitative estimate of drug-likeness (QED) is 0.743. The van der Waals surface area contributed by atoms with Crippen molar-refractivity contribution in [1.82, 2.24) is 4.98 Å². The summed E-state index contributed by atoms with van der Waals surface area (Å²) in [5.41, 5.74) is 5.37. The molecule has 90 valence electrons. The van der Waals surface area contributed by atoms with Gasteiger partial charge in [0, 0.05) is 23.3 Å². The molecule has 0 amide bonds. The van der Waals surface area contributed by atoms with Gasteiger partial charge in [-0.2, -0.15) is 0 Å². The minimum atomic E-state index is 0.525. The number of ether oxygens (including phenoxy) is 2. The smallest absolute Gasteiger partial charge is 0.213 e. The van der Waals surface area contributed by atoms with Crippen molar-refractivity contribution in [3.05, 3.63) is 22.8 Å². The van der Waals surface area contributed by atoms with Crippen molar-refractivity contribution >= 4 is 15.9 Å². The van der Waals surface area contributed by atoms with E-state index in [0.717, 1.165) is 30.5 Å². The van der Waals surface area contributed by atoms with Gasteiger partial charge in [0.2, 0.25) is 5.88 Å². The van der Waals surface area contributed by atoms with Gasteiger partial charge in [0.1, 0.15) is 6.61 Å². The summed E-state index contributed by atoms with van der Waals surface area (Å²) in [6.07, 6.45) is 3.72. The molecule has 0 atom stereocenters. The average molecular weight is 289 g/mol. The molecule has 4 nitrogen and oxygen atoms in total. The maximum Gasteiger partial charge on any atom is 0.213 e. The number of aromatic nitrogens is 1. The summed E-state index contributed by atoms with van der Waals surface area (Å²) >= 11 is 3.31. The number of hydrogen-bond acceptors (Lipinski definition) is 4. The van der Waals surface area contributed by atoms with Gasteiger partial charge in [0.15, 0.2) is 0 Å². The first kappa shape index (κ1) is 13.4. The van der Waals surface area contributed by atoms with E-state index in [1.54, 1.807) is 6.20 Å². The highest BCUT2D eigenvalue weighted by molar-refractivity contribution is 9.10. The van der Waals surface area contributed by atoms with Crippen molar-refractivity contribution < 1.29 is 9.47 Å². The van der Waals surface area contributed by atoms with Crippen molar-refractivity contribution in [3.63, 3.8) is 0 Å². The molecule has 0 aliphatic carbocycles. The summed E-state index contributed by atoms with van der Waals surface area (Å²) < 4.78 is 11.7. The molecule has 0 aliphatic rings. The maximum absolute atomic E-state index is 5.39. The Morgan fingerprint density at radius 1 is 1.19 bits per heavy atom. The molecule has 0 aromatic carbocycles. The first-order chi connectivity index (χ1) is 7.83. The van der Waals surface area contributed by atoms with Gasteiger partial charge in [-0.15, -0.1) is 0 Å². The summed E-state index contributed by atoms with van der Waals surface area (Å²) in [6.45, 7) is 2.58. The van der Waals surface area contributed by atoms with E-state index in [-0.39, 0.29) is 0 Å². The normalized spacial score (nSPS) is 10.4. The molecule has 0 radical (unpaired) electrons. The molecule has 1 aromatic rings. The average Bonchev–Trinajstić information content (AvgIpc) is 2.30. The van der Waals surface area contributed by atoms with Crippen LogP contribution in [0, 0.1) is 0 Å². The van der Waals surface area contributed by atoms with Crippen LogP contribution in [0.15, 0.2) is 22.8 Å². The van der Waals surface area contributed by atoms with Crippen LogP contribution in [0.2, 0.25) is 0 Å². The third-order valence-electron chi connectivity index (χ3n) is 1.92. The van der Waals surface area contributed by atoms with E-state index in [0.29, 0.717) is 19.1 Å². The SMILES string of the molecule is NCCCCOCCOc1ccc(Br)cn1. The second-order valence-corrected chi connectivity index (χ2v) is 4.19. The lowest BCUT2D eigenvalue weighted by molar-refractivity contribution is 0.0962. The van der Waals surface area contributed by atoms with Gasteiger partial charge in [0.25, 0.3) is 0 Å². The van der Waals surface area contributed by atoms with E-state index < -0.39 is 0 Å². The molecule has 16 heavy (non-hydrogen) atoms. The molecular formula is C11H17BrN2O2. The zero-order valence-corrected chi connectivity index (χ0v) is 10.8. The van der Waals surface area contributed by atoms with E-state index in [4.69, 9.17) is 15.2 Å². The van der Waals surface area contributed by atoms with Crippen LogP contribution in [-0.4, -0.2) is 31.3 Å². The fraction of sp³-hybridized carbons (Fsp3) is 0.545. The lowest BCUT2D eigenvalue weighted by atomic mass is 10.3. The number of nitrogens with two attached hydrogens (primary N) is 1. The molecule has 0 saturated carbocycles. The molecule has 1 rings (SSSR count). The first-order valence-electron chi connectivity index (χ1n) is 5.35. The van der Waals surface area contributed by atoms with Crippen molar-refractivity contribution in [2.75, 3.05) is 26.4 Å². The summed E-state index contributed by atoms with van der Waals surface area (Å²) in [5, 5.41) is 0. The Labute approximate surface area is 104 Å². The molecule has 0 bridgehead atoms. The Hall–Kier alpha value is -0.650. The summed E-state index contributed by atoms with van der Waals surface area (Å²) in [7, 11) is 0. The van der Waals surface area contributed by atoms with Gasteiger partial charge in [0.05, 0.1) is 6.61 Å². The van der Waals surface area contributed by atoms with Gasteiger partial charge in [-0.05, 0) is 41.4 Å². The van der Waals surface area contributed by atoms with Crippen molar-refractivity contribution in [2.24, 2.45) is 5.73 Å². The standard InChI is InChI=1S/C11H17BrN2O2/c12-10-3-4-11(14-9-10)16-8-7-15-6-2-1-5-13/h3-4,9H,1-2,5-8,13H2. The molecule has 5 heteroatoms. The molecule has 1 aromatic heterocycles. The lowest BCUT2D eigenvalue weighted by Gasteiger charge is -2.06. The molecule has 1 heterocycles. The third-order valence-corrected chi connectivity index (χ3v) is 2.39. The number of halogens is 1. The van der Waals surface area contributed by atoms with Crippen LogP contribution >= 0.6 is 15.9 Å². The van der Waals surface area contributed by atoms with Crippen LogP contribution in [0.4, 0.5) is 0 Å². The van der Waals surface area contributed by atoms with E-state index >= 15 is 0 Å². The van der Waals surface area contributed by atoms with Crippen LogP contribution in [0.25, 0.3) is 0 Å². The van der Waals surface area contributed by atoms with E-state index in [1.165, 1.54) is 0 Å². The highest BCUT2D eigenvalue weighted by Crippen LogP contribution is 2.11. The number of rotatable bonds is 8. The van der Waals surface area contributed by atoms with Crippen molar-refractivity contribution in [1.29, 1.82) is 0 Å². The molecule has 0 unspecified atom stereocenters. The van der Waals surface area contributed by atoms with Gasteiger partial charge in [-0.3, -0.25) is 0 Å². The highest BCUT2D eigenvalue weighted by atomic mass is 79.9. The zero-order chi connectivity index (χ0) is 11.6. The fourth-order valence-electron chi connectivity index (χ4n) is 1.10. The number of pyridine rings is 1. The van der Waals surface area contributed by atoms with E-state index in [9.17, 15) is 0 Å². The van der Waals surface area contributed by atoms with Crippen molar-refractivity contribution in [3.8, 4) is 5.88 Å². The molecule has 0 fully saturated rings. The fourth-order valence-corrected chi connectivity index (χ4v) is 1.34. The van der Waals surface area contributed by atoms with Gasteiger partial charge in [-0.25, -0.2) is 4.98 Å². The third kappa shape index (κ3) is 6.05. The highest BCUT2D eigenvalue weighted by Gasteiger charge is 1.95. The predicted molar refractivity (Wildman–Crippen MR) is 66.5 cm³/mol. The van der Waals surface area contributed by atoms with E-state index in [2.05, 4.69) is 20.9 Å². The van der Waals surface area contributed by atoms with Crippen LogP contribution in [-0.2, 0) is 4.74 Å². The number of hydrogen-bond donors (Lipinski definition) is 1. The van der Waals surface area contributed by atoms with Gasteiger partial charge < -0.3 is 15.2 Å². The first-order valence-corrected chi connectivity index (χ1v) is 6.14. The number of unbranched alkanes of at least 4 members (excludes halogenated alkanes) is 1.